The van der Waals surface area contributed by atoms with Gasteiger partial charge in [-0.15, -0.1) is 0 Å². The van der Waals surface area contributed by atoms with Gasteiger partial charge in [-0.25, -0.2) is 9.37 Å². The van der Waals surface area contributed by atoms with Crippen molar-refractivity contribution in [2.75, 3.05) is 11.9 Å². The largest absolute Gasteiger partial charge is 0.340 e. The van der Waals surface area contributed by atoms with Gasteiger partial charge < -0.3 is 20.5 Å². The molecule has 2 aromatic carbocycles. The molecule has 4 rings (SSSR count). The van der Waals surface area contributed by atoms with E-state index in [1.165, 1.54) is 17.7 Å². The quantitative estimate of drug-likeness (QED) is 0.555. The van der Waals surface area contributed by atoms with Gasteiger partial charge in [0.2, 0.25) is 5.91 Å². The van der Waals surface area contributed by atoms with Crippen molar-refractivity contribution in [2.24, 2.45) is 11.7 Å². The summed E-state index contributed by atoms with van der Waals surface area (Å²) in [4.78, 5) is 19.5. The zero-order valence-electron chi connectivity index (χ0n) is 19.3. The summed E-state index contributed by atoms with van der Waals surface area (Å²) in [5.74, 6) is 1.66. The number of carbonyl (C=O) groups excluding carboxylic acids is 1. The lowest BCUT2D eigenvalue weighted by molar-refractivity contribution is -0.134. The number of imidazole rings is 1. The van der Waals surface area contributed by atoms with Crippen LogP contribution in [0.5, 0.6) is 0 Å². The van der Waals surface area contributed by atoms with Crippen LogP contribution in [0, 0.1) is 18.7 Å². The van der Waals surface area contributed by atoms with Crippen molar-refractivity contribution < 1.29 is 9.18 Å². The van der Waals surface area contributed by atoms with Crippen LogP contribution in [0.3, 0.4) is 0 Å². The molecule has 1 aromatic heterocycles. The lowest BCUT2D eigenvalue weighted by atomic mass is 10.0. The summed E-state index contributed by atoms with van der Waals surface area (Å²) in [6.45, 7) is 7.75. The highest BCUT2D eigenvalue weighted by molar-refractivity contribution is 7.59. The van der Waals surface area contributed by atoms with Crippen LogP contribution in [0.25, 0.3) is 11.3 Å². The number of aryl methyl sites for hydroxylation is 1. The van der Waals surface area contributed by atoms with E-state index in [1.807, 2.05) is 31.2 Å². The van der Waals surface area contributed by atoms with Gasteiger partial charge in [0.15, 0.2) is 0 Å². The Morgan fingerprint density at radius 2 is 1.79 bits per heavy atom. The third-order valence-corrected chi connectivity index (χ3v) is 5.76. The van der Waals surface area contributed by atoms with Crippen molar-refractivity contribution >= 4 is 30.9 Å². The minimum absolute atomic E-state index is 0. The average Bonchev–Trinajstić information content (AvgIpc) is 3.12. The van der Waals surface area contributed by atoms with Crippen LogP contribution >= 0.6 is 13.5 Å². The van der Waals surface area contributed by atoms with E-state index < -0.39 is 6.04 Å². The van der Waals surface area contributed by atoms with Crippen LogP contribution in [0.2, 0.25) is 0 Å². The molecule has 1 atom stereocenters. The van der Waals surface area contributed by atoms with Gasteiger partial charge in [0.1, 0.15) is 23.2 Å². The lowest BCUT2D eigenvalue weighted by Crippen LogP contribution is -2.47. The molecule has 1 aliphatic heterocycles. The first-order valence-electron chi connectivity index (χ1n) is 11.0. The zero-order valence-corrected chi connectivity index (χ0v) is 20.3. The van der Waals surface area contributed by atoms with Gasteiger partial charge in [0.05, 0.1) is 12.6 Å². The Balaban J connectivity index is 0.00000306. The molecular weight excluding hydrogens is 437 g/mol. The first-order chi connectivity index (χ1) is 15.3. The van der Waals surface area contributed by atoms with E-state index in [1.54, 1.807) is 17.0 Å². The monoisotopic (exact) mass is 469 g/mol. The second-order valence-corrected chi connectivity index (χ2v) is 8.87. The van der Waals surface area contributed by atoms with Gasteiger partial charge in [-0.3, -0.25) is 4.79 Å². The number of rotatable bonds is 6. The van der Waals surface area contributed by atoms with Crippen molar-refractivity contribution in [3.8, 4) is 11.3 Å². The Kier molecular flexibility index (Phi) is 7.81. The van der Waals surface area contributed by atoms with Gasteiger partial charge in [0.25, 0.3) is 0 Å². The Labute approximate surface area is 201 Å². The molecule has 0 fully saturated rings. The Hall–Kier alpha value is -2.84. The van der Waals surface area contributed by atoms with Gasteiger partial charge in [-0.2, -0.15) is 13.5 Å². The normalized spacial score (nSPS) is 13.9. The van der Waals surface area contributed by atoms with Crippen molar-refractivity contribution in [1.29, 1.82) is 0 Å². The number of benzene rings is 2. The van der Waals surface area contributed by atoms with E-state index in [2.05, 4.69) is 23.7 Å². The minimum Gasteiger partial charge on any atom is -0.340 e. The maximum atomic E-state index is 13.5. The molecular formula is C25H32FN5OS. The summed E-state index contributed by atoms with van der Waals surface area (Å²) >= 11 is 0. The van der Waals surface area contributed by atoms with Crippen molar-refractivity contribution in [1.82, 2.24) is 14.5 Å². The summed E-state index contributed by atoms with van der Waals surface area (Å²) in [6, 6.07) is 14.0. The third kappa shape index (κ3) is 5.57. The molecule has 176 valence electrons. The molecule has 8 heteroatoms. The molecule has 2 heterocycles. The van der Waals surface area contributed by atoms with Gasteiger partial charge >= 0.3 is 0 Å². The SMILES string of the molecule is Cc1ccc(Nc2c(-c3ccc(F)cc3)nc3n2CCN(C(=O)[C@@H](N)CC(C)C)C3)cc1.S. The van der Waals surface area contributed by atoms with E-state index in [0.717, 1.165) is 28.6 Å². The number of hydrogen-bond acceptors (Lipinski definition) is 4. The molecule has 3 aromatic rings. The second-order valence-electron chi connectivity index (χ2n) is 8.87. The van der Waals surface area contributed by atoms with Gasteiger partial charge in [-0.1, -0.05) is 31.5 Å². The average molecular weight is 470 g/mol. The molecule has 3 N–H and O–H groups in total. The minimum atomic E-state index is -0.502. The van der Waals surface area contributed by atoms with Gasteiger partial charge in [0, 0.05) is 24.3 Å². The van der Waals surface area contributed by atoms with Crippen LogP contribution in [0.1, 0.15) is 31.7 Å². The number of carbonyl (C=O) groups is 1. The topological polar surface area (TPSA) is 76.2 Å². The Bertz CT molecular complexity index is 1100. The molecule has 0 spiro atoms. The summed E-state index contributed by atoms with van der Waals surface area (Å²) in [5, 5.41) is 3.49. The smallest absolute Gasteiger partial charge is 0.239 e. The van der Waals surface area contributed by atoms with Crippen LogP contribution in [-0.4, -0.2) is 32.9 Å². The highest BCUT2D eigenvalue weighted by Crippen LogP contribution is 2.33. The predicted octanol–water partition coefficient (Wildman–Crippen LogP) is 4.57. The fourth-order valence-corrected chi connectivity index (χ4v) is 4.07. The van der Waals surface area contributed by atoms with E-state index in [9.17, 15) is 9.18 Å². The predicted molar refractivity (Wildman–Crippen MR) is 135 cm³/mol. The summed E-state index contributed by atoms with van der Waals surface area (Å²) in [5.41, 5.74) is 9.83. The number of anilines is 2. The van der Waals surface area contributed by atoms with E-state index in [0.29, 0.717) is 32.0 Å². The molecule has 33 heavy (non-hydrogen) atoms. The first-order valence-corrected chi connectivity index (χ1v) is 11.0. The highest BCUT2D eigenvalue weighted by Gasteiger charge is 2.29. The van der Waals surface area contributed by atoms with Crippen LogP contribution < -0.4 is 11.1 Å². The Morgan fingerprint density at radius 3 is 2.42 bits per heavy atom. The number of fused-ring (bicyclic) bond motifs is 1. The van der Waals surface area contributed by atoms with Crippen molar-refractivity contribution in [3.05, 3.63) is 65.7 Å². The molecule has 0 aliphatic carbocycles. The second kappa shape index (κ2) is 10.4. The lowest BCUT2D eigenvalue weighted by Gasteiger charge is -2.31. The van der Waals surface area contributed by atoms with Crippen LogP contribution in [-0.2, 0) is 17.9 Å². The van der Waals surface area contributed by atoms with Gasteiger partial charge in [-0.05, 0) is 55.7 Å². The molecule has 0 saturated heterocycles. The number of amides is 1. The molecule has 1 amide bonds. The Morgan fingerprint density at radius 1 is 1.12 bits per heavy atom. The summed E-state index contributed by atoms with van der Waals surface area (Å²) in [7, 11) is 0. The number of nitrogens with one attached hydrogen (secondary N) is 1. The van der Waals surface area contributed by atoms with Crippen molar-refractivity contribution in [2.45, 2.75) is 46.3 Å². The standard InChI is InChI=1S/C25H30FN5O.H2S/c1-16(2)14-21(27)25(32)30-12-13-31-22(15-30)29-23(18-6-8-19(26)9-7-18)24(31)28-20-10-4-17(3)5-11-20;/h4-11,16,21,28H,12-15,27H2,1-3H3;1H2/t21-;/m0./s1. The number of aromatic nitrogens is 2. The molecule has 1 aliphatic rings. The van der Waals surface area contributed by atoms with E-state index in [4.69, 9.17) is 10.7 Å². The number of hydrogen-bond donors (Lipinski definition) is 2. The fourth-order valence-electron chi connectivity index (χ4n) is 4.07. The summed E-state index contributed by atoms with van der Waals surface area (Å²) in [6.07, 6.45) is 0.658. The number of halogens is 1. The van der Waals surface area contributed by atoms with Crippen LogP contribution in [0.4, 0.5) is 15.9 Å². The molecule has 0 saturated carbocycles. The maximum Gasteiger partial charge on any atom is 0.239 e. The zero-order chi connectivity index (χ0) is 22.8. The van der Waals surface area contributed by atoms with E-state index in [-0.39, 0.29) is 25.2 Å². The molecule has 0 bridgehead atoms. The fraction of sp³-hybridized carbons (Fsp3) is 0.360. The molecule has 6 nitrogen and oxygen atoms in total. The maximum absolute atomic E-state index is 13.5. The summed E-state index contributed by atoms with van der Waals surface area (Å²) < 4.78 is 15.6. The van der Waals surface area contributed by atoms with Crippen molar-refractivity contribution in [3.63, 3.8) is 0 Å². The number of nitrogens with zero attached hydrogens (tertiary/aromatic N) is 3. The van der Waals surface area contributed by atoms with Crippen LogP contribution in [0.15, 0.2) is 48.5 Å². The molecule has 0 radical (unpaired) electrons. The molecule has 0 unspecified atom stereocenters. The van der Waals surface area contributed by atoms with E-state index >= 15 is 0 Å². The highest BCUT2D eigenvalue weighted by atomic mass is 32.1. The third-order valence-electron chi connectivity index (χ3n) is 5.76. The number of nitrogens with two attached hydrogens (primary N) is 1. The first kappa shape index (κ1) is 24.8.